The molecule has 0 saturated carbocycles. The fourth-order valence-electron chi connectivity index (χ4n) is 5.86. The van der Waals surface area contributed by atoms with E-state index in [2.05, 4.69) is 37.6 Å². The van der Waals surface area contributed by atoms with Crippen molar-refractivity contribution in [1.82, 2.24) is 24.4 Å². The number of allylic oxidation sites excluding steroid dienone is 2. The lowest BCUT2D eigenvalue weighted by molar-refractivity contribution is -0.135. The standard InChI is InChI=1S/C29H30N6O2/c1-6-21-14-23(37-5)24(18(3)33-21)27-26(25-17(2)31-16-32-28(25)34(27)4)19-9-11-20(12-10-19)29(36)35-13-7-8-22(35)15-30/h1,9,14,16,20,22H,7-8,10-13H2,2-5H3/t20-,22+/m1/s1. The Morgan fingerprint density at radius 1 is 1.22 bits per heavy atom. The van der Waals surface area contributed by atoms with Gasteiger partial charge in [-0.25, -0.2) is 15.0 Å². The van der Waals surface area contributed by atoms with Crippen LogP contribution >= 0.6 is 0 Å². The van der Waals surface area contributed by atoms with Gasteiger partial charge in [-0.1, -0.05) is 12.0 Å². The fourth-order valence-corrected chi connectivity index (χ4v) is 5.86. The van der Waals surface area contributed by atoms with Gasteiger partial charge in [-0.3, -0.25) is 4.79 Å². The molecule has 1 aliphatic heterocycles. The number of nitrogens with zero attached hydrogens (tertiary/aromatic N) is 6. The maximum Gasteiger partial charge on any atom is 0.227 e. The van der Waals surface area contributed by atoms with Gasteiger partial charge < -0.3 is 14.2 Å². The van der Waals surface area contributed by atoms with Gasteiger partial charge in [0.1, 0.15) is 29.5 Å². The van der Waals surface area contributed by atoms with Crippen LogP contribution in [-0.2, 0) is 11.8 Å². The van der Waals surface area contributed by atoms with E-state index in [-0.39, 0.29) is 17.9 Å². The molecule has 8 nitrogen and oxygen atoms in total. The average molecular weight is 495 g/mol. The summed E-state index contributed by atoms with van der Waals surface area (Å²) in [6.45, 7) is 4.60. The highest BCUT2D eigenvalue weighted by atomic mass is 16.5. The number of fused-ring (bicyclic) bond motifs is 1. The van der Waals surface area contributed by atoms with Gasteiger partial charge in [-0.15, -0.1) is 6.42 Å². The number of hydrogen-bond acceptors (Lipinski definition) is 6. The molecule has 0 N–H and O–H groups in total. The number of amides is 1. The van der Waals surface area contributed by atoms with Crippen LogP contribution in [0.2, 0.25) is 0 Å². The lowest BCUT2D eigenvalue weighted by atomic mass is 9.84. The van der Waals surface area contributed by atoms with E-state index < -0.39 is 0 Å². The van der Waals surface area contributed by atoms with Crippen LogP contribution in [0.4, 0.5) is 0 Å². The second-order valence-electron chi connectivity index (χ2n) is 9.77. The molecule has 1 saturated heterocycles. The molecule has 1 aliphatic carbocycles. The summed E-state index contributed by atoms with van der Waals surface area (Å²) in [5, 5.41) is 10.4. The molecule has 1 amide bonds. The number of pyridine rings is 1. The van der Waals surface area contributed by atoms with E-state index in [1.807, 2.05) is 20.9 Å². The molecule has 0 aromatic carbocycles. The summed E-state index contributed by atoms with van der Waals surface area (Å²) in [6.07, 6.45) is 13.2. The molecule has 188 valence electrons. The first-order valence-electron chi connectivity index (χ1n) is 12.6. The van der Waals surface area contributed by atoms with Crippen LogP contribution in [0.3, 0.4) is 0 Å². The van der Waals surface area contributed by atoms with Gasteiger partial charge in [0.15, 0.2) is 0 Å². The van der Waals surface area contributed by atoms with E-state index in [1.165, 1.54) is 0 Å². The summed E-state index contributed by atoms with van der Waals surface area (Å²) in [7, 11) is 3.63. The third-order valence-electron chi connectivity index (χ3n) is 7.69. The second kappa shape index (κ2) is 9.71. The highest BCUT2D eigenvalue weighted by Gasteiger charge is 2.35. The first-order chi connectivity index (χ1) is 17.9. The SMILES string of the molecule is C#Cc1cc(OC)c(-c2c(C3=CC[C@@H](C(=O)N4CCC[C@H]4C#N)CC3)c3c(C)ncnc3n2C)c(C)n1. The smallest absolute Gasteiger partial charge is 0.227 e. The van der Waals surface area contributed by atoms with Crippen molar-refractivity contribution < 1.29 is 9.53 Å². The molecule has 37 heavy (non-hydrogen) atoms. The Morgan fingerprint density at radius 2 is 2.03 bits per heavy atom. The number of likely N-dealkylation sites (tertiary alicyclic amines) is 1. The molecule has 2 aliphatic rings. The molecule has 0 bridgehead atoms. The normalized spacial score (nSPS) is 19.4. The number of carbonyl (C=O) groups excluding carboxylic acids is 1. The van der Waals surface area contributed by atoms with Gasteiger partial charge in [0, 0.05) is 36.5 Å². The van der Waals surface area contributed by atoms with Crippen LogP contribution in [0.1, 0.15) is 54.7 Å². The van der Waals surface area contributed by atoms with Crippen LogP contribution in [0.25, 0.3) is 27.9 Å². The van der Waals surface area contributed by atoms with Crippen molar-refractivity contribution in [3.05, 3.63) is 41.1 Å². The number of rotatable bonds is 4. The van der Waals surface area contributed by atoms with Crippen LogP contribution in [0.15, 0.2) is 18.5 Å². The highest BCUT2D eigenvalue weighted by Crippen LogP contribution is 2.45. The molecule has 3 aromatic heterocycles. The molecule has 1 fully saturated rings. The third kappa shape index (κ3) is 4.03. The highest BCUT2D eigenvalue weighted by molar-refractivity contribution is 6.02. The summed E-state index contributed by atoms with van der Waals surface area (Å²) >= 11 is 0. The van der Waals surface area contributed by atoms with Crippen molar-refractivity contribution in [2.45, 2.75) is 52.0 Å². The molecule has 0 spiro atoms. The minimum atomic E-state index is -0.295. The maximum absolute atomic E-state index is 13.2. The Bertz CT molecular complexity index is 1520. The van der Waals surface area contributed by atoms with Gasteiger partial charge in [0.2, 0.25) is 5.91 Å². The van der Waals surface area contributed by atoms with Crippen molar-refractivity contribution >= 4 is 22.5 Å². The van der Waals surface area contributed by atoms with E-state index in [4.69, 9.17) is 11.2 Å². The van der Waals surface area contributed by atoms with Crippen LogP contribution in [0.5, 0.6) is 5.75 Å². The largest absolute Gasteiger partial charge is 0.496 e. The van der Waals surface area contributed by atoms with Crippen LogP contribution < -0.4 is 4.74 Å². The molecular weight excluding hydrogens is 464 g/mol. The average Bonchev–Trinajstić information content (AvgIpc) is 3.51. The lowest BCUT2D eigenvalue weighted by Crippen LogP contribution is -2.39. The molecule has 8 heteroatoms. The lowest BCUT2D eigenvalue weighted by Gasteiger charge is -2.28. The predicted octanol–water partition coefficient (Wildman–Crippen LogP) is 4.34. The summed E-state index contributed by atoms with van der Waals surface area (Å²) in [5.41, 5.74) is 7.02. The maximum atomic E-state index is 13.2. The van der Waals surface area contributed by atoms with E-state index in [9.17, 15) is 10.1 Å². The molecule has 4 heterocycles. The van der Waals surface area contributed by atoms with E-state index in [1.54, 1.807) is 24.4 Å². The molecule has 0 unspecified atom stereocenters. The second-order valence-corrected chi connectivity index (χ2v) is 9.77. The Balaban J connectivity index is 1.63. The third-order valence-corrected chi connectivity index (χ3v) is 7.69. The molecule has 2 atom stereocenters. The number of carbonyl (C=O) groups is 1. The van der Waals surface area contributed by atoms with E-state index >= 15 is 0 Å². The van der Waals surface area contributed by atoms with Crippen molar-refractivity contribution in [3.63, 3.8) is 0 Å². The van der Waals surface area contributed by atoms with Gasteiger partial charge in [0.25, 0.3) is 0 Å². The van der Waals surface area contributed by atoms with E-state index in [0.29, 0.717) is 24.4 Å². The zero-order valence-electron chi connectivity index (χ0n) is 21.7. The molecule has 5 rings (SSSR count). The zero-order valence-corrected chi connectivity index (χ0v) is 21.7. The van der Waals surface area contributed by atoms with Gasteiger partial charge in [0.05, 0.1) is 35.8 Å². The Labute approximate surface area is 217 Å². The molecular formula is C29H30N6O2. The first-order valence-corrected chi connectivity index (χ1v) is 12.6. The minimum Gasteiger partial charge on any atom is -0.496 e. The molecule has 0 radical (unpaired) electrons. The minimum absolute atomic E-state index is 0.101. The van der Waals surface area contributed by atoms with Gasteiger partial charge in [-0.2, -0.15) is 5.26 Å². The number of ether oxygens (including phenoxy) is 1. The van der Waals surface area contributed by atoms with Crippen LogP contribution in [-0.4, -0.2) is 50.0 Å². The number of nitriles is 1. The first kappa shape index (κ1) is 24.5. The summed E-state index contributed by atoms with van der Waals surface area (Å²) < 4.78 is 7.86. The van der Waals surface area contributed by atoms with Crippen molar-refractivity contribution in [1.29, 1.82) is 5.26 Å². The predicted molar refractivity (Wildman–Crippen MR) is 141 cm³/mol. The fraction of sp³-hybridized carbons (Fsp3) is 0.414. The topological polar surface area (TPSA) is 96.9 Å². The van der Waals surface area contributed by atoms with Gasteiger partial charge in [-0.05, 0) is 51.5 Å². The Hall–Kier alpha value is -4.17. The number of aryl methyl sites for hydroxylation is 3. The van der Waals surface area contributed by atoms with Crippen molar-refractivity contribution in [3.8, 4) is 35.4 Å². The number of terminal acetylenes is 1. The Kier molecular flexibility index (Phi) is 6.43. The Morgan fingerprint density at radius 3 is 2.70 bits per heavy atom. The zero-order chi connectivity index (χ0) is 26.3. The monoisotopic (exact) mass is 494 g/mol. The van der Waals surface area contributed by atoms with E-state index in [0.717, 1.165) is 70.5 Å². The summed E-state index contributed by atoms with van der Waals surface area (Å²) in [5.74, 6) is 3.25. The van der Waals surface area contributed by atoms with Crippen molar-refractivity contribution in [2.75, 3.05) is 13.7 Å². The summed E-state index contributed by atoms with van der Waals surface area (Å²) in [6, 6.07) is 3.78. The number of aromatic nitrogens is 4. The number of methoxy groups -OCH3 is 1. The molecule has 3 aromatic rings. The summed E-state index contributed by atoms with van der Waals surface area (Å²) in [4.78, 5) is 28.8. The number of hydrogen-bond donors (Lipinski definition) is 0. The quantitative estimate of drug-likeness (QED) is 0.501. The van der Waals surface area contributed by atoms with Crippen molar-refractivity contribution in [2.24, 2.45) is 13.0 Å². The van der Waals surface area contributed by atoms with Crippen LogP contribution in [0, 0.1) is 43.4 Å². The van der Waals surface area contributed by atoms with Gasteiger partial charge >= 0.3 is 0 Å².